The van der Waals surface area contributed by atoms with Crippen LogP contribution in [0, 0.1) is 34.6 Å². The second-order valence-corrected chi connectivity index (χ2v) is 15.6. The summed E-state index contributed by atoms with van der Waals surface area (Å²) in [4.78, 5) is 31.3. The summed E-state index contributed by atoms with van der Waals surface area (Å²) in [7, 11) is -4.56. The van der Waals surface area contributed by atoms with Gasteiger partial charge in [0.1, 0.15) is 28.2 Å². The summed E-state index contributed by atoms with van der Waals surface area (Å²) in [5.41, 5.74) is 1.34. The fraction of sp³-hybridized carbons (Fsp3) is 0.325. The number of anilines is 1. The van der Waals surface area contributed by atoms with Gasteiger partial charge in [0.05, 0.1) is 17.2 Å². The molecule has 4 aromatic rings. The van der Waals surface area contributed by atoms with Gasteiger partial charge in [0.25, 0.3) is 5.91 Å². The van der Waals surface area contributed by atoms with Crippen molar-refractivity contribution in [1.29, 1.82) is 5.26 Å². The zero-order chi connectivity index (χ0) is 39.3. The van der Waals surface area contributed by atoms with Crippen LogP contribution in [0.15, 0.2) is 89.8 Å². The number of carbonyl (C=O) groups excluding carboxylic acids is 2. The number of sulfonamides is 1. The summed E-state index contributed by atoms with van der Waals surface area (Å²) in [5.74, 6) is -4.28. The van der Waals surface area contributed by atoms with Crippen LogP contribution in [0.4, 0.5) is 28.0 Å². The van der Waals surface area contributed by atoms with Crippen molar-refractivity contribution in [3.05, 3.63) is 130 Å². The number of carbonyl (C=O) groups is 2. The van der Waals surface area contributed by atoms with Gasteiger partial charge < -0.3 is 15.1 Å². The molecule has 2 heterocycles. The Hall–Kier alpha value is -5.30. The molecule has 0 aliphatic carbocycles. The number of rotatable bonds is 10. The topological polar surface area (TPSA) is 140 Å². The average Bonchev–Trinajstić information content (AvgIpc) is 3.16. The minimum absolute atomic E-state index is 0.152. The average molecular weight is 777 g/mol. The summed E-state index contributed by atoms with van der Waals surface area (Å²) in [6, 6.07) is 21.5. The van der Waals surface area contributed by atoms with Gasteiger partial charge in [-0.05, 0) is 104 Å². The van der Waals surface area contributed by atoms with Crippen LogP contribution in [0.25, 0.3) is 0 Å². The predicted molar refractivity (Wildman–Crippen MR) is 197 cm³/mol. The van der Waals surface area contributed by atoms with Gasteiger partial charge in [-0.1, -0.05) is 30.3 Å². The van der Waals surface area contributed by atoms with E-state index in [4.69, 9.17) is 10.4 Å². The van der Waals surface area contributed by atoms with E-state index in [1.54, 1.807) is 47.4 Å². The Morgan fingerprint density at radius 2 is 1.53 bits per heavy atom. The lowest BCUT2D eigenvalue weighted by atomic mass is 9.70. The third kappa shape index (κ3) is 9.16. The van der Waals surface area contributed by atoms with E-state index in [1.807, 2.05) is 6.07 Å². The molecule has 0 radical (unpaired) electrons. The molecule has 2 saturated heterocycles. The highest BCUT2D eigenvalue weighted by Crippen LogP contribution is 2.40. The number of nitriles is 1. The highest BCUT2D eigenvalue weighted by Gasteiger charge is 2.39. The highest BCUT2D eigenvalue weighted by molar-refractivity contribution is 7.89. The van der Waals surface area contributed by atoms with Crippen molar-refractivity contribution in [2.24, 2.45) is 5.14 Å². The molecule has 6 rings (SSSR count). The summed E-state index contributed by atoms with van der Waals surface area (Å²) >= 11 is 0. The number of primary sulfonamides is 1. The van der Waals surface area contributed by atoms with E-state index in [9.17, 15) is 35.6 Å². The first-order valence-corrected chi connectivity index (χ1v) is 19.4. The lowest BCUT2D eigenvalue weighted by molar-refractivity contribution is 0.0639. The van der Waals surface area contributed by atoms with Crippen LogP contribution in [0.1, 0.15) is 59.2 Å². The normalized spacial score (nSPS) is 16.3. The van der Waals surface area contributed by atoms with Crippen molar-refractivity contribution in [3.8, 4) is 6.07 Å². The van der Waals surface area contributed by atoms with Gasteiger partial charge >= 0.3 is 6.03 Å². The van der Waals surface area contributed by atoms with Gasteiger partial charge in [-0.25, -0.2) is 35.9 Å². The predicted octanol–water partition coefficient (Wildman–Crippen LogP) is 6.21. The van der Waals surface area contributed by atoms with E-state index in [1.165, 1.54) is 29.2 Å². The Labute approximate surface area is 317 Å². The number of nitrogens with one attached hydrogen (secondary N) is 1. The third-order valence-electron chi connectivity index (χ3n) is 10.7. The largest absolute Gasteiger partial charge is 0.338 e. The van der Waals surface area contributed by atoms with E-state index < -0.39 is 55.1 Å². The first kappa shape index (κ1) is 39.4. The Bertz CT molecular complexity index is 2200. The van der Waals surface area contributed by atoms with Crippen molar-refractivity contribution in [2.45, 2.75) is 55.0 Å². The zero-order valence-electron chi connectivity index (χ0n) is 29.9. The minimum atomic E-state index is -4.56. The Kier molecular flexibility index (Phi) is 11.9. The summed E-state index contributed by atoms with van der Waals surface area (Å²) < 4.78 is 81.6. The Morgan fingerprint density at radius 3 is 2.15 bits per heavy atom. The summed E-state index contributed by atoms with van der Waals surface area (Å²) in [5, 5.41) is 17.1. The maximum absolute atomic E-state index is 14.8. The molecular formula is C40H40F4N6O4S. The van der Waals surface area contributed by atoms with Gasteiger partial charge in [0, 0.05) is 50.5 Å². The van der Waals surface area contributed by atoms with Crippen molar-refractivity contribution in [2.75, 3.05) is 37.6 Å². The fourth-order valence-electron chi connectivity index (χ4n) is 7.57. The van der Waals surface area contributed by atoms with Gasteiger partial charge in [0.2, 0.25) is 10.0 Å². The monoisotopic (exact) mass is 776 g/mol. The molecule has 0 bridgehead atoms. The molecular weight excluding hydrogens is 737 g/mol. The SMILES string of the molecule is N#Cc1ccc(CNC(=O)N(c2cccc(F)c2)C2CCN(CCC3(c4cccc(F)c4)CCN(C(=O)c4cc(S(N)(=O)=O)c(F)cc4F)CC3)CC2)cc1. The third-order valence-corrected chi connectivity index (χ3v) is 11.6. The highest BCUT2D eigenvalue weighted by atomic mass is 32.2. The van der Waals surface area contributed by atoms with Crippen LogP contribution >= 0.6 is 0 Å². The van der Waals surface area contributed by atoms with E-state index in [-0.39, 0.29) is 31.7 Å². The Morgan fingerprint density at radius 1 is 0.873 bits per heavy atom. The van der Waals surface area contributed by atoms with Crippen molar-refractivity contribution >= 4 is 27.6 Å². The first-order chi connectivity index (χ1) is 26.3. The van der Waals surface area contributed by atoms with Crippen LogP contribution in [-0.4, -0.2) is 68.9 Å². The van der Waals surface area contributed by atoms with Crippen LogP contribution in [0.3, 0.4) is 0 Å². The van der Waals surface area contributed by atoms with E-state index in [0.717, 1.165) is 11.1 Å². The number of nitrogens with zero attached hydrogens (tertiary/aromatic N) is 4. The first-order valence-electron chi connectivity index (χ1n) is 17.9. The number of amides is 3. The number of hydrogen-bond donors (Lipinski definition) is 2. The van der Waals surface area contributed by atoms with Crippen molar-refractivity contribution in [1.82, 2.24) is 15.1 Å². The molecule has 3 amide bonds. The molecule has 0 saturated carbocycles. The van der Waals surface area contributed by atoms with Crippen molar-refractivity contribution in [3.63, 3.8) is 0 Å². The molecule has 0 aromatic heterocycles. The minimum Gasteiger partial charge on any atom is -0.338 e. The second kappa shape index (κ2) is 16.6. The molecule has 3 N–H and O–H groups in total. The van der Waals surface area contributed by atoms with Gasteiger partial charge in [0.15, 0.2) is 0 Å². The number of likely N-dealkylation sites (tertiary alicyclic amines) is 2. The molecule has 0 spiro atoms. The van der Waals surface area contributed by atoms with Crippen LogP contribution in [0.5, 0.6) is 0 Å². The van der Waals surface area contributed by atoms with Gasteiger partial charge in [-0.3, -0.25) is 9.69 Å². The molecule has 15 heteroatoms. The summed E-state index contributed by atoms with van der Waals surface area (Å²) in [6.45, 7) is 2.39. The van der Waals surface area contributed by atoms with E-state index in [2.05, 4.69) is 16.3 Å². The molecule has 10 nitrogen and oxygen atoms in total. The molecule has 2 fully saturated rings. The quantitative estimate of drug-likeness (QED) is 0.184. The maximum Gasteiger partial charge on any atom is 0.322 e. The van der Waals surface area contributed by atoms with E-state index in [0.29, 0.717) is 75.1 Å². The Balaban J connectivity index is 1.13. The van der Waals surface area contributed by atoms with E-state index >= 15 is 0 Å². The number of benzene rings is 4. The number of piperidine rings is 2. The number of urea groups is 1. The van der Waals surface area contributed by atoms with Crippen LogP contribution < -0.4 is 15.4 Å². The number of halogens is 4. The molecule has 2 aliphatic rings. The van der Waals surface area contributed by atoms with Crippen LogP contribution in [-0.2, 0) is 22.0 Å². The number of hydrogen-bond acceptors (Lipinski definition) is 6. The van der Waals surface area contributed by atoms with Gasteiger partial charge in [-0.15, -0.1) is 0 Å². The van der Waals surface area contributed by atoms with Gasteiger partial charge in [-0.2, -0.15) is 5.26 Å². The van der Waals surface area contributed by atoms with Crippen molar-refractivity contribution < 1.29 is 35.6 Å². The molecule has 0 unspecified atom stereocenters. The van der Waals surface area contributed by atoms with Crippen LogP contribution in [0.2, 0.25) is 0 Å². The lowest BCUT2D eigenvalue weighted by Gasteiger charge is -2.44. The lowest BCUT2D eigenvalue weighted by Crippen LogP contribution is -2.52. The second-order valence-electron chi connectivity index (χ2n) is 14.0. The molecule has 0 atom stereocenters. The molecule has 55 heavy (non-hydrogen) atoms. The molecule has 2 aliphatic heterocycles. The fourth-order valence-corrected chi connectivity index (χ4v) is 8.19. The molecule has 4 aromatic carbocycles. The standard InChI is InChI=1S/C40H40F4N6O4S/c41-30-4-1-3-29(21-30)40(14-19-49(20-15-40)38(51)34-23-37(55(46,53)54)36(44)24-35(34)43)13-18-48-16-11-32(12-17-48)50(33-6-2-5-31(42)22-33)39(52)47-26-28-9-7-27(25-45)8-10-28/h1-10,21-24,32H,11-20,26H2,(H,47,52)(H2,46,53,54). The smallest absolute Gasteiger partial charge is 0.322 e. The zero-order valence-corrected chi connectivity index (χ0v) is 30.7. The number of nitrogens with two attached hydrogens (primary N) is 1. The summed E-state index contributed by atoms with van der Waals surface area (Å²) in [6.07, 6.45) is 2.59. The molecule has 288 valence electrons. The maximum atomic E-state index is 14.8.